The van der Waals surface area contributed by atoms with Crippen LogP contribution in [-0.4, -0.2) is 34.6 Å². The van der Waals surface area contributed by atoms with Gasteiger partial charge < -0.3 is 10.0 Å². The van der Waals surface area contributed by atoms with Gasteiger partial charge in [0.25, 0.3) is 0 Å². The maximum absolute atomic E-state index is 12.4. The third-order valence-corrected chi connectivity index (χ3v) is 3.39. The van der Waals surface area contributed by atoms with E-state index >= 15 is 0 Å². The van der Waals surface area contributed by atoms with Gasteiger partial charge in [0.05, 0.1) is 6.10 Å². The predicted molar refractivity (Wildman–Crippen MR) is 69.7 cm³/mol. The number of carbonyl (C=O) groups is 1. The molecular formula is C14H27NO2. The molecule has 3 heteroatoms. The molecule has 17 heavy (non-hydrogen) atoms. The summed E-state index contributed by atoms with van der Waals surface area (Å²) in [5, 5.41) is 9.56. The summed E-state index contributed by atoms with van der Waals surface area (Å²) in [5.41, 5.74) is -0.318. The number of hydrogen-bond donors (Lipinski definition) is 1. The molecule has 1 aliphatic heterocycles. The molecule has 0 radical (unpaired) electrons. The van der Waals surface area contributed by atoms with Crippen LogP contribution in [0, 0.1) is 5.41 Å². The van der Waals surface area contributed by atoms with Crippen molar-refractivity contribution in [3.63, 3.8) is 0 Å². The Bertz CT molecular complexity index is 255. The van der Waals surface area contributed by atoms with Gasteiger partial charge in [0.2, 0.25) is 5.91 Å². The number of aliphatic hydroxyl groups excluding tert-OH is 1. The molecule has 1 N–H and O–H groups in total. The van der Waals surface area contributed by atoms with Crippen LogP contribution in [0.5, 0.6) is 0 Å². The van der Waals surface area contributed by atoms with Crippen LogP contribution in [0.1, 0.15) is 59.8 Å². The monoisotopic (exact) mass is 241 g/mol. The highest BCUT2D eigenvalue weighted by atomic mass is 16.3. The molecule has 0 spiro atoms. The summed E-state index contributed by atoms with van der Waals surface area (Å²) in [6, 6.07) is 0.226. The first-order chi connectivity index (χ1) is 7.82. The Balaban J connectivity index is 2.78. The maximum Gasteiger partial charge on any atom is 0.228 e. The molecule has 0 aromatic rings. The van der Waals surface area contributed by atoms with Crippen molar-refractivity contribution in [3.8, 4) is 0 Å². The molecule has 1 fully saturated rings. The highest BCUT2D eigenvalue weighted by Crippen LogP contribution is 2.26. The van der Waals surface area contributed by atoms with E-state index in [0.29, 0.717) is 6.42 Å². The number of nitrogens with zero attached hydrogens (tertiary/aromatic N) is 1. The fraction of sp³-hybridized carbons (Fsp3) is 0.929. The Morgan fingerprint density at radius 3 is 2.53 bits per heavy atom. The molecule has 1 aliphatic rings. The van der Waals surface area contributed by atoms with E-state index in [1.54, 1.807) is 0 Å². The summed E-state index contributed by atoms with van der Waals surface area (Å²) in [7, 11) is 0. The highest BCUT2D eigenvalue weighted by molar-refractivity contribution is 5.81. The summed E-state index contributed by atoms with van der Waals surface area (Å²) >= 11 is 0. The number of hydrogen-bond acceptors (Lipinski definition) is 2. The Morgan fingerprint density at radius 2 is 2.00 bits per heavy atom. The zero-order chi connectivity index (χ0) is 13.1. The molecule has 0 saturated carbocycles. The third-order valence-electron chi connectivity index (χ3n) is 3.39. The van der Waals surface area contributed by atoms with Gasteiger partial charge >= 0.3 is 0 Å². The van der Waals surface area contributed by atoms with E-state index in [4.69, 9.17) is 0 Å². The Kier molecular flexibility index (Phi) is 4.99. The lowest BCUT2D eigenvalue weighted by atomic mass is 9.92. The minimum Gasteiger partial charge on any atom is -0.393 e. The second-order valence-electron chi connectivity index (χ2n) is 6.34. The van der Waals surface area contributed by atoms with Crippen LogP contribution in [0.15, 0.2) is 0 Å². The number of aliphatic hydroxyl groups is 1. The molecule has 2 atom stereocenters. The van der Waals surface area contributed by atoms with Gasteiger partial charge in [0.1, 0.15) is 0 Å². The number of rotatable bonds is 2. The number of likely N-dealkylation sites (tertiary alicyclic amines) is 1. The van der Waals surface area contributed by atoms with E-state index in [1.165, 1.54) is 12.8 Å². The van der Waals surface area contributed by atoms with Gasteiger partial charge in [-0.1, -0.05) is 33.6 Å². The normalized spacial score (nSPS) is 24.3. The summed E-state index contributed by atoms with van der Waals surface area (Å²) in [6.45, 7) is 8.58. The second kappa shape index (κ2) is 5.85. The van der Waals surface area contributed by atoms with Crippen molar-refractivity contribution >= 4 is 5.91 Å². The molecule has 3 nitrogen and oxygen atoms in total. The molecule has 0 bridgehead atoms. The SMILES string of the molecule is CC(O)CC1CCCCCN1C(=O)C(C)(C)C. The van der Waals surface area contributed by atoms with Crippen molar-refractivity contribution in [2.24, 2.45) is 5.41 Å². The third kappa shape index (κ3) is 4.30. The fourth-order valence-electron chi connectivity index (χ4n) is 2.51. The lowest BCUT2D eigenvalue weighted by Crippen LogP contribution is -2.46. The first kappa shape index (κ1) is 14.5. The summed E-state index contributed by atoms with van der Waals surface area (Å²) < 4.78 is 0. The van der Waals surface area contributed by atoms with E-state index in [1.807, 2.05) is 32.6 Å². The van der Waals surface area contributed by atoms with Crippen LogP contribution in [0.2, 0.25) is 0 Å². The Hall–Kier alpha value is -0.570. The molecular weight excluding hydrogens is 214 g/mol. The van der Waals surface area contributed by atoms with Gasteiger partial charge in [-0.2, -0.15) is 0 Å². The zero-order valence-corrected chi connectivity index (χ0v) is 11.7. The molecule has 1 heterocycles. The maximum atomic E-state index is 12.4. The molecule has 1 saturated heterocycles. The summed E-state index contributed by atoms with van der Waals surface area (Å²) in [5.74, 6) is 0.227. The zero-order valence-electron chi connectivity index (χ0n) is 11.7. The first-order valence-corrected chi connectivity index (χ1v) is 6.81. The lowest BCUT2D eigenvalue weighted by molar-refractivity contribution is -0.142. The fourth-order valence-corrected chi connectivity index (χ4v) is 2.51. The average Bonchev–Trinajstić information content (AvgIpc) is 2.40. The van der Waals surface area contributed by atoms with Crippen molar-refractivity contribution in [2.45, 2.75) is 71.9 Å². The van der Waals surface area contributed by atoms with Crippen molar-refractivity contribution in [1.29, 1.82) is 0 Å². The Labute approximate surface area is 105 Å². The van der Waals surface area contributed by atoms with Gasteiger partial charge in [-0.25, -0.2) is 0 Å². The summed E-state index contributed by atoms with van der Waals surface area (Å²) in [4.78, 5) is 14.4. The number of amides is 1. The lowest BCUT2D eigenvalue weighted by Gasteiger charge is -2.35. The van der Waals surface area contributed by atoms with E-state index in [-0.39, 0.29) is 23.5 Å². The van der Waals surface area contributed by atoms with Gasteiger partial charge in [0.15, 0.2) is 0 Å². The van der Waals surface area contributed by atoms with Crippen molar-refractivity contribution in [3.05, 3.63) is 0 Å². The smallest absolute Gasteiger partial charge is 0.228 e. The van der Waals surface area contributed by atoms with E-state index in [2.05, 4.69) is 0 Å². The summed E-state index contributed by atoms with van der Waals surface area (Å²) in [6.07, 6.45) is 4.88. The van der Waals surface area contributed by atoms with Crippen LogP contribution in [0.25, 0.3) is 0 Å². The second-order valence-corrected chi connectivity index (χ2v) is 6.34. The number of carbonyl (C=O) groups excluding carboxylic acids is 1. The molecule has 2 unspecified atom stereocenters. The molecule has 1 rings (SSSR count). The molecule has 1 amide bonds. The van der Waals surface area contributed by atoms with E-state index < -0.39 is 0 Å². The minimum absolute atomic E-state index is 0.226. The molecule has 0 aromatic heterocycles. The van der Waals surface area contributed by atoms with Crippen molar-refractivity contribution in [1.82, 2.24) is 4.90 Å². The van der Waals surface area contributed by atoms with Gasteiger partial charge in [0, 0.05) is 18.0 Å². The van der Waals surface area contributed by atoms with Crippen LogP contribution in [-0.2, 0) is 4.79 Å². The van der Waals surface area contributed by atoms with Crippen LogP contribution >= 0.6 is 0 Å². The van der Waals surface area contributed by atoms with E-state index in [9.17, 15) is 9.90 Å². The molecule has 100 valence electrons. The van der Waals surface area contributed by atoms with Crippen LogP contribution < -0.4 is 0 Å². The predicted octanol–water partition coefficient (Wildman–Crippen LogP) is 2.57. The Morgan fingerprint density at radius 1 is 1.35 bits per heavy atom. The standard InChI is InChI=1S/C14H27NO2/c1-11(16)10-12-8-6-5-7-9-15(12)13(17)14(2,3)4/h11-12,16H,5-10H2,1-4H3. The molecule has 0 aliphatic carbocycles. The quantitative estimate of drug-likeness (QED) is 0.807. The van der Waals surface area contributed by atoms with E-state index in [0.717, 1.165) is 19.4 Å². The highest BCUT2D eigenvalue weighted by Gasteiger charge is 2.32. The van der Waals surface area contributed by atoms with Gasteiger partial charge in [-0.05, 0) is 26.2 Å². The van der Waals surface area contributed by atoms with Crippen molar-refractivity contribution < 1.29 is 9.90 Å². The van der Waals surface area contributed by atoms with Crippen LogP contribution in [0.3, 0.4) is 0 Å². The average molecular weight is 241 g/mol. The first-order valence-electron chi connectivity index (χ1n) is 6.81. The van der Waals surface area contributed by atoms with Gasteiger partial charge in [-0.3, -0.25) is 4.79 Å². The van der Waals surface area contributed by atoms with Gasteiger partial charge in [-0.15, -0.1) is 0 Å². The van der Waals surface area contributed by atoms with Crippen LogP contribution in [0.4, 0.5) is 0 Å². The topological polar surface area (TPSA) is 40.5 Å². The minimum atomic E-state index is -0.326. The van der Waals surface area contributed by atoms with Crippen molar-refractivity contribution in [2.75, 3.05) is 6.54 Å². The largest absolute Gasteiger partial charge is 0.393 e. The molecule has 0 aromatic carbocycles.